The van der Waals surface area contributed by atoms with Crippen LogP contribution in [0.15, 0.2) is 23.3 Å². The molecule has 0 unspecified atom stereocenters. The van der Waals surface area contributed by atoms with E-state index in [0.29, 0.717) is 18.6 Å². The first kappa shape index (κ1) is 14.7. The van der Waals surface area contributed by atoms with Crippen molar-refractivity contribution in [2.75, 3.05) is 6.61 Å². The number of carbonyl (C=O) groups is 2. The van der Waals surface area contributed by atoms with Crippen LogP contribution in [0.3, 0.4) is 0 Å². The van der Waals surface area contributed by atoms with Gasteiger partial charge in [0.15, 0.2) is 5.78 Å². The Bertz CT molecular complexity index is 413. The highest BCUT2D eigenvalue weighted by Crippen LogP contribution is 2.40. The van der Waals surface area contributed by atoms with Crippen LogP contribution in [-0.2, 0) is 14.3 Å². The first-order chi connectivity index (χ1) is 8.27. The Morgan fingerprint density at radius 2 is 2.17 bits per heavy atom. The number of carbonyl (C=O) groups excluding carboxylic acids is 2. The highest BCUT2D eigenvalue weighted by Gasteiger charge is 2.35. The minimum atomic E-state index is -0.280. The molecular weight excluding hydrogens is 228 g/mol. The maximum Gasteiger partial charge on any atom is 0.333 e. The maximum absolute atomic E-state index is 11.6. The van der Waals surface area contributed by atoms with E-state index >= 15 is 0 Å². The van der Waals surface area contributed by atoms with E-state index in [9.17, 15) is 9.59 Å². The van der Waals surface area contributed by atoms with E-state index in [4.69, 9.17) is 4.74 Å². The Balaban J connectivity index is 3.00. The summed E-state index contributed by atoms with van der Waals surface area (Å²) in [5.74, 6) is -0.00598. The van der Waals surface area contributed by atoms with Crippen molar-refractivity contribution < 1.29 is 14.3 Å². The normalized spacial score (nSPS) is 23.6. The number of allylic oxidation sites excluding steroid dienone is 3. The van der Waals surface area contributed by atoms with Gasteiger partial charge in [-0.25, -0.2) is 4.79 Å². The fraction of sp³-hybridized carbons (Fsp3) is 0.600. The Hall–Kier alpha value is -1.38. The number of ether oxygens (including phenoxy) is 1. The highest BCUT2D eigenvalue weighted by atomic mass is 16.5. The average Bonchev–Trinajstić information content (AvgIpc) is 2.22. The molecule has 0 aromatic rings. The van der Waals surface area contributed by atoms with Crippen LogP contribution in [-0.4, -0.2) is 18.4 Å². The second-order valence-electron chi connectivity index (χ2n) is 5.57. The molecule has 0 saturated carbocycles. The number of hydrogen-bond donors (Lipinski definition) is 0. The van der Waals surface area contributed by atoms with Crippen LogP contribution in [0.5, 0.6) is 0 Å². The summed E-state index contributed by atoms with van der Waals surface area (Å²) in [6, 6.07) is 0. The van der Waals surface area contributed by atoms with E-state index in [1.165, 1.54) is 0 Å². The van der Waals surface area contributed by atoms with Crippen molar-refractivity contribution in [3.63, 3.8) is 0 Å². The van der Waals surface area contributed by atoms with Crippen LogP contribution < -0.4 is 0 Å². The van der Waals surface area contributed by atoms with Crippen LogP contribution in [0.2, 0.25) is 0 Å². The third kappa shape index (κ3) is 3.31. The average molecular weight is 250 g/mol. The van der Waals surface area contributed by atoms with Crippen LogP contribution in [0.1, 0.15) is 41.0 Å². The fourth-order valence-electron chi connectivity index (χ4n) is 2.49. The lowest BCUT2D eigenvalue weighted by molar-refractivity contribution is -0.138. The Morgan fingerprint density at radius 3 is 2.67 bits per heavy atom. The van der Waals surface area contributed by atoms with Crippen molar-refractivity contribution in [1.82, 2.24) is 0 Å². The quantitative estimate of drug-likeness (QED) is 0.571. The summed E-state index contributed by atoms with van der Waals surface area (Å²) < 4.78 is 4.98. The molecule has 3 heteroatoms. The van der Waals surface area contributed by atoms with Gasteiger partial charge in [-0.1, -0.05) is 25.5 Å². The molecule has 0 N–H and O–H groups in total. The predicted octanol–water partition coefficient (Wildman–Crippen LogP) is 3.06. The zero-order valence-electron chi connectivity index (χ0n) is 11.9. The van der Waals surface area contributed by atoms with Crippen molar-refractivity contribution >= 4 is 11.8 Å². The van der Waals surface area contributed by atoms with Gasteiger partial charge in [0.05, 0.1) is 6.61 Å². The second-order valence-corrected chi connectivity index (χ2v) is 5.57. The van der Waals surface area contributed by atoms with Gasteiger partial charge in [-0.05, 0) is 32.3 Å². The summed E-state index contributed by atoms with van der Waals surface area (Å²) in [5.41, 5.74) is 1.47. The minimum absolute atomic E-state index is 0.111. The number of hydrogen-bond acceptors (Lipinski definition) is 3. The monoisotopic (exact) mass is 250 g/mol. The van der Waals surface area contributed by atoms with E-state index in [0.717, 1.165) is 5.57 Å². The largest absolute Gasteiger partial charge is 0.463 e. The lowest BCUT2D eigenvalue weighted by Crippen LogP contribution is -2.31. The van der Waals surface area contributed by atoms with Crippen molar-refractivity contribution in [1.29, 1.82) is 0 Å². The SMILES string of the molecule is CCOC(=O)/C(C)=C\[C@@H]1C(C)=CC(=O)CC1(C)C. The summed E-state index contributed by atoms with van der Waals surface area (Å²) in [6.45, 7) is 9.99. The van der Waals surface area contributed by atoms with Crippen LogP contribution in [0, 0.1) is 11.3 Å². The molecule has 1 atom stereocenters. The topological polar surface area (TPSA) is 43.4 Å². The van der Waals surface area contributed by atoms with Gasteiger partial charge in [-0.3, -0.25) is 4.79 Å². The van der Waals surface area contributed by atoms with Gasteiger partial charge in [-0.15, -0.1) is 0 Å². The first-order valence-corrected chi connectivity index (χ1v) is 6.34. The van der Waals surface area contributed by atoms with Crippen molar-refractivity contribution in [2.24, 2.45) is 11.3 Å². The molecule has 1 aliphatic rings. The van der Waals surface area contributed by atoms with Gasteiger partial charge in [0.1, 0.15) is 0 Å². The molecule has 0 aromatic heterocycles. The lowest BCUT2D eigenvalue weighted by Gasteiger charge is -2.36. The highest BCUT2D eigenvalue weighted by molar-refractivity contribution is 5.92. The molecule has 100 valence electrons. The zero-order valence-corrected chi connectivity index (χ0v) is 11.9. The molecule has 1 rings (SSSR count). The third-order valence-electron chi connectivity index (χ3n) is 3.37. The van der Waals surface area contributed by atoms with Gasteiger partial charge < -0.3 is 4.74 Å². The predicted molar refractivity (Wildman–Crippen MR) is 71.0 cm³/mol. The molecule has 0 aromatic carbocycles. The molecule has 0 fully saturated rings. The van der Waals surface area contributed by atoms with Crippen LogP contribution >= 0.6 is 0 Å². The van der Waals surface area contributed by atoms with Crippen LogP contribution in [0.25, 0.3) is 0 Å². The Morgan fingerprint density at radius 1 is 1.56 bits per heavy atom. The van der Waals surface area contributed by atoms with E-state index in [1.807, 2.05) is 13.0 Å². The smallest absolute Gasteiger partial charge is 0.333 e. The van der Waals surface area contributed by atoms with Gasteiger partial charge in [0.25, 0.3) is 0 Å². The number of ketones is 1. The molecule has 0 spiro atoms. The Labute approximate surface area is 109 Å². The van der Waals surface area contributed by atoms with Crippen LogP contribution in [0.4, 0.5) is 0 Å². The molecule has 18 heavy (non-hydrogen) atoms. The molecule has 1 aliphatic carbocycles. The summed E-state index contributed by atoms with van der Waals surface area (Å²) >= 11 is 0. The molecule has 0 radical (unpaired) electrons. The summed E-state index contributed by atoms with van der Waals surface area (Å²) in [7, 11) is 0. The van der Waals surface area contributed by atoms with Gasteiger partial charge in [0, 0.05) is 17.9 Å². The van der Waals surface area contributed by atoms with Gasteiger partial charge >= 0.3 is 5.97 Å². The fourth-order valence-corrected chi connectivity index (χ4v) is 2.49. The molecule has 0 bridgehead atoms. The first-order valence-electron chi connectivity index (χ1n) is 6.34. The summed E-state index contributed by atoms with van der Waals surface area (Å²) in [5, 5.41) is 0. The Kier molecular flexibility index (Phi) is 4.49. The number of esters is 1. The van der Waals surface area contributed by atoms with Gasteiger partial charge in [-0.2, -0.15) is 0 Å². The molecule has 0 saturated heterocycles. The van der Waals surface area contributed by atoms with Crippen molar-refractivity contribution in [3.8, 4) is 0 Å². The number of rotatable bonds is 3. The van der Waals surface area contributed by atoms with E-state index in [-0.39, 0.29) is 23.1 Å². The van der Waals surface area contributed by atoms with Gasteiger partial charge in [0.2, 0.25) is 0 Å². The third-order valence-corrected chi connectivity index (χ3v) is 3.37. The van der Waals surface area contributed by atoms with E-state index < -0.39 is 0 Å². The molecule has 0 heterocycles. The maximum atomic E-state index is 11.6. The minimum Gasteiger partial charge on any atom is -0.463 e. The molecule has 3 nitrogen and oxygen atoms in total. The summed E-state index contributed by atoms with van der Waals surface area (Å²) in [4.78, 5) is 23.2. The lowest BCUT2D eigenvalue weighted by atomic mass is 9.68. The van der Waals surface area contributed by atoms with E-state index in [1.54, 1.807) is 19.9 Å². The second kappa shape index (κ2) is 5.51. The van der Waals surface area contributed by atoms with Crippen molar-refractivity contribution in [2.45, 2.75) is 41.0 Å². The standard InChI is InChI=1S/C15H22O3/c1-6-18-14(17)11(3)8-13-10(2)7-12(16)9-15(13,4)5/h7-8,13H,6,9H2,1-5H3/b11-8-/t13-/m1/s1. The molecule has 0 aliphatic heterocycles. The van der Waals surface area contributed by atoms with E-state index in [2.05, 4.69) is 13.8 Å². The summed E-state index contributed by atoms with van der Waals surface area (Å²) in [6.07, 6.45) is 4.13. The molecule has 0 amide bonds. The molecular formula is C15H22O3. The zero-order chi connectivity index (χ0) is 13.9. The van der Waals surface area contributed by atoms with Crippen molar-refractivity contribution in [3.05, 3.63) is 23.3 Å².